The predicted octanol–water partition coefficient (Wildman–Crippen LogP) is 3.25. The Labute approximate surface area is 93.7 Å². The zero-order valence-electron chi connectivity index (χ0n) is 8.60. The molecule has 0 saturated heterocycles. The first-order valence-corrected chi connectivity index (χ1v) is 5.16. The highest BCUT2D eigenvalue weighted by atomic mass is 16.5. The first kappa shape index (κ1) is 8.99. The molecule has 16 heavy (non-hydrogen) atoms. The summed E-state index contributed by atoms with van der Waals surface area (Å²) in [5, 5.41) is 9.01. The molecule has 1 heterocycles. The van der Waals surface area contributed by atoms with E-state index in [0.717, 1.165) is 17.7 Å². The molecule has 0 radical (unpaired) electrons. The average Bonchev–Trinajstić information content (AvgIpc) is 2.35. The molecule has 0 amide bonds. The van der Waals surface area contributed by atoms with Gasteiger partial charge in [0.15, 0.2) is 0 Å². The number of rotatable bonds is 0. The summed E-state index contributed by atoms with van der Waals surface area (Å²) in [6, 6.07) is 15.8. The van der Waals surface area contributed by atoms with E-state index in [1.54, 1.807) is 6.07 Å². The molecule has 1 aliphatic heterocycles. The minimum absolute atomic E-state index is 0.604. The van der Waals surface area contributed by atoms with Gasteiger partial charge < -0.3 is 4.74 Å². The Balaban J connectivity index is 2.16. The Kier molecular flexibility index (Phi) is 1.91. The van der Waals surface area contributed by atoms with Crippen molar-refractivity contribution in [2.45, 2.75) is 6.42 Å². The number of fused-ring (bicyclic) bond motifs is 2. The molecule has 3 rings (SSSR count). The first-order chi connectivity index (χ1) is 7.88. The van der Waals surface area contributed by atoms with Crippen LogP contribution in [0.5, 0.6) is 11.5 Å². The maximum atomic E-state index is 9.01. The van der Waals surface area contributed by atoms with Crippen LogP contribution in [0, 0.1) is 11.3 Å². The van der Waals surface area contributed by atoms with Crippen molar-refractivity contribution in [2.24, 2.45) is 0 Å². The lowest BCUT2D eigenvalue weighted by atomic mass is 9.98. The largest absolute Gasteiger partial charge is 0.455 e. The molecular weight excluding hydrogens is 198 g/mol. The summed E-state index contributed by atoms with van der Waals surface area (Å²) in [6.45, 7) is 0. The van der Waals surface area contributed by atoms with Crippen LogP contribution in [0.3, 0.4) is 0 Å². The van der Waals surface area contributed by atoms with Gasteiger partial charge >= 0.3 is 0 Å². The fraction of sp³-hybridized carbons (Fsp3) is 0.0714. The summed E-state index contributed by atoms with van der Waals surface area (Å²) in [7, 11) is 0. The van der Waals surface area contributed by atoms with Crippen LogP contribution >= 0.6 is 0 Å². The molecule has 0 aliphatic carbocycles. The number of hydrogen-bond acceptors (Lipinski definition) is 2. The van der Waals surface area contributed by atoms with E-state index < -0.39 is 0 Å². The van der Waals surface area contributed by atoms with Gasteiger partial charge in [-0.25, -0.2) is 0 Å². The van der Waals surface area contributed by atoms with Crippen molar-refractivity contribution < 1.29 is 4.74 Å². The molecule has 0 N–H and O–H groups in total. The van der Waals surface area contributed by atoms with E-state index in [0.29, 0.717) is 11.3 Å². The molecule has 2 heteroatoms. The molecular formula is C14H9NO. The average molecular weight is 207 g/mol. The molecule has 2 aromatic rings. The minimum atomic E-state index is 0.604. The quantitative estimate of drug-likeness (QED) is 0.566. The Morgan fingerprint density at radius 2 is 1.81 bits per heavy atom. The van der Waals surface area contributed by atoms with Gasteiger partial charge in [0.2, 0.25) is 0 Å². The Bertz CT molecular complexity index is 596. The molecule has 0 fully saturated rings. The van der Waals surface area contributed by atoms with Crippen molar-refractivity contribution in [3.05, 3.63) is 59.2 Å². The highest BCUT2D eigenvalue weighted by molar-refractivity contribution is 5.56. The fourth-order valence-corrected chi connectivity index (χ4v) is 2.00. The van der Waals surface area contributed by atoms with Gasteiger partial charge in [-0.15, -0.1) is 0 Å². The van der Waals surface area contributed by atoms with Crippen LogP contribution in [0.2, 0.25) is 0 Å². The van der Waals surface area contributed by atoms with Gasteiger partial charge in [-0.1, -0.05) is 30.3 Å². The maximum Gasteiger partial charge on any atom is 0.148 e. The minimum Gasteiger partial charge on any atom is -0.455 e. The molecule has 0 spiro atoms. The summed E-state index contributed by atoms with van der Waals surface area (Å²) < 4.78 is 5.78. The number of nitriles is 1. The number of hydrogen-bond donors (Lipinski definition) is 0. The van der Waals surface area contributed by atoms with E-state index >= 15 is 0 Å². The lowest BCUT2D eigenvalue weighted by Gasteiger charge is -2.20. The van der Waals surface area contributed by atoms with Crippen LogP contribution in [-0.4, -0.2) is 0 Å². The zero-order valence-corrected chi connectivity index (χ0v) is 8.60. The van der Waals surface area contributed by atoms with Gasteiger partial charge in [0.05, 0.1) is 5.56 Å². The topological polar surface area (TPSA) is 33.0 Å². The summed E-state index contributed by atoms with van der Waals surface area (Å²) in [4.78, 5) is 0. The second-order valence-corrected chi connectivity index (χ2v) is 3.79. The SMILES string of the molecule is N#Cc1cccc2c1Oc1ccccc1C2. The highest BCUT2D eigenvalue weighted by Gasteiger charge is 2.18. The Morgan fingerprint density at radius 3 is 2.69 bits per heavy atom. The summed E-state index contributed by atoms with van der Waals surface area (Å²) in [5.74, 6) is 1.57. The number of nitrogens with zero attached hydrogens (tertiary/aromatic N) is 1. The van der Waals surface area contributed by atoms with Gasteiger partial charge in [0.1, 0.15) is 17.6 Å². The van der Waals surface area contributed by atoms with Crippen LogP contribution in [0.1, 0.15) is 16.7 Å². The third-order valence-corrected chi connectivity index (χ3v) is 2.78. The maximum absolute atomic E-state index is 9.01. The smallest absolute Gasteiger partial charge is 0.148 e. The van der Waals surface area contributed by atoms with E-state index in [4.69, 9.17) is 10.00 Å². The van der Waals surface area contributed by atoms with Gasteiger partial charge in [0.25, 0.3) is 0 Å². The molecule has 0 atom stereocenters. The van der Waals surface area contributed by atoms with E-state index in [9.17, 15) is 0 Å². The van der Waals surface area contributed by atoms with Crippen molar-refractivity contribution in [2.75, 3.05) is 0 Å². The van der Waals surface area contributed by atoms with Gasteiger partial charge in [0, 0.05) is 12.0 Å². The zero-order chi connectivity index (χ0) is 11.0. The molecule has 0 unspecified atom stereocenters. The lowest BCUT2D eigenvalue weighted by molar-refractivity contribution is 0.458. The number of para-hydroxylation sites is 2. The van der Waals surface area contributed by atoms with Gasteiger partial charge in [-0.2, -0.15) is 5.26 Å². The molecule has 0 saturated carbocycles. The van der Waals surface area contributed by atoms with Crippen molar-refractivity contribution in [1.82, 2.24) is 0 Å². The predicted molar refractivity (Wildman–Crippen MR) is 60.5 cm³/mol. The fourth-order valence-electron chi connectivity index (χ4n) is 2.00. The second kappa shape index (κ2) is 3.39. The summed E-state index contributed by atoms with van der Waals surface area (Å²) in [5.41, 5.74) is 2.86. The standard InChI is InChI=1S/C14H9NO/c15-9-12-6-3-5-11-8-10-4-1-2-7-13(10)16-14(11)12/h1-7H,8H2. The van der Waals surface area contributed by atoms with Crippen LogP contribution in [0.15, 0.2) is 42.5 Å². The molecule has 1 aliphatic rings. The van der Waals surface area contributed by atoms with Crippen LogP contribution in [0.25, 0.3) is 0 Å². The lowest BCUT2D eigenvalue weighted by Crippen LogP contribution is -2.04. The normalized spacial score (nSPS) is 11.9. The third kappa shape index (κ3) is 1.26. The van der Waals surface area contributed by atoms with E-state index in [1.165, 1.54) is 5.56 Å². The number of ether oxygens (including phenoxy) is 1. The van der Waals surface area contributed by atoms with Crippen molar-refractivity contribution in [3.63, 3.8) is 0 Å². The van der Waals surface area contributed by atoms with Crippen LogP contribution in [0.4, 0.5) is 0 Å². The second-order valence-electron chi connectivity index (χ2n) is 3.79. The van der Waals surface area contributed by atoms with E-state index in [-0.39, 0.29) is 0 Å². The highest BCUT2D eigenvalue weighted by Crippen LogP contribution is 2.37. The summed E-state index contributed by atoms with van der Waals surface area (Å²) >= 11 is 0. The molecule has 0 bridgehead atoms. The van der Waals surface area contributed by atoms with Crippen molar-refractivity contribution in [3.8, 4) is 17.6 Å². The molecule has 0 aromatic heterocycles. The van der Waals surface area contributed by atoms with Crippen LogP contribution in [-0.2, 0) is 6.42 Å². The number of benzene rings is 2. The monoisotopic (exact) mass is 207 g/mol. The third-order valence-electron chi connectivity index (χ3n) is 2.78. The molecule has 2 nitrogen and oxygen atoms in total. The Morgan fingerprint density at radius 1 is 1.00 bits per heavy atom. The van der Waals surface area contributed by atoms with E-state index in [1.807, 2.05) is 30.3 Å². The van der Waals surface area contributed by atoms with Crippen LogP contribution < -0.4 is 4.74 Å². The van der Waals surface area contributed by atoms with E-state index in [2.05, 4.69) is 12.1 Å². The van der Waals surface area contributed by atoms with Gasteiger partial charge in [-0.05, 0) is 17.7 Å². The van der Waals surface area contributed by atoms with Crippen molar-refractivity contribution >= 4 is 0 Å². The summed E-state index contributed by atoms with van der Waals surface area (Å²) in [6.07, 6.45) is 0.834. The van der Waals surface area contributed by atoms with Crippen molar-refractivity contribution in [1.29, 1.82) is 5.26 Å². The van der Waals surface area contributed by atoms with Gasteiger partial charge in [-0.3, -0.25) is 0 Å². The molecule has 76 valence electrons. The Hall–Kier alpha value is -2.27. The molecule has 2 aromatic carbocycles. The first-order valence-electron chi connectivity index (χ1n) is 5.16.